The smallest absolute Gasteiger partial charge is 0.211 e. The second kappa shape index (κ2) is 7.19. The zero-order chi connectivity index (χ0) is 21.6. The summed E-state index contributed by atoms with van der Waals surface area (Å²) in [6, 6.07) is 22.1. The summed E-state index contributed by atoms with van der Waals surface area (Å²) >= 11 is 0. The number of nitriles is 1. The minimum absolute atomic E-state index is 0.382. The van der Waals surface area contributed by atoms with Crippen LogP contribution < -0.4 is 4.73 Å². The number of nitrogens with zero attached hydrogens (tertiary/aromatic N) is 3. The van der Waals surface area contributed by atoms with Crippen molar-refractivity contribution in [1.82, 2.24) is 4.98 Å². The predicted octanol–water partition coefficient (Wildman–Crippen LogP) is 5.15. The Morgan fingerprint density at radius 1 is 1.10 bits per heavy atom. The number of benzene rings is 2. The highest BCUT2D eigenvalue weighted by molar-refractivity contribution is 5.94. The van der Waals surface area contributed by atoms with Gasteiger partial charge >= 0.3 is 0 Å². The molecule has 0 spiro atoms. The van der Waals surface area contributed by atoms with Gasteiger partial charge in [0.15, 0.2) is 12.4 Å². The first kappa shape index (κ1) is 19.2. The van der Waals surface area contributed by atoms with Crippen LogP contribution in [-0.2, 0) is 10.3 Å². The third-order valence-corrected chi connectivity index (χ3v) is 5.91. The third kappa shape index (κ3) is 3.22. The van der Waals surface area contributed by atoms with E-state index in [1.165, 1.54) is 18.0 Å². The Labute approximate surface area is 180 Å². The van der Waals surface area contributed by atoms with Gasteiger partial charge in [-0.2, -0.15) is 9.99 Å². The van der Waals surface area contributed by atoms with Crippen molar-refractivity contribution >= 4 is 10.9 Å². The van der Waals surface area contributed by atoms with Gasteiger partial charge in [0.25, 0.3) is 0 Å². The molecule has 5 heteroatoms. The molecular formula is C26H21N3O2. The molecule has 0 aliphatic carbocycles. The first-order chi connectivity index (χ1) is 15.0. The largest absolute Gasteiger partial charge is 0.619 e. The number of pyridine rings is 2. The Kier molecular flexibility index (Phi) is 4.46. The second-order valence-corrected chi connectivity index (χ2v) is 8.22. The minimum Gasteiger partial charge on any atom is -0.619 e. The summed E-state index contributed by atoms with van der Waals surface area (Å²) in [5, 5.41) is 22.4. The summed E-state index contributed by atoms with van der Waals surface area (Å²) in [4.78, 5) is 4.63. The van der Waals surface area contributed by atoms with Gasteiger partial charge in [0, 0.05) is 34.8 Å². The Balaban J connectivity index is 1.58. The van der Waals surface area contributed by atoms with Crippen LogP contribution in [0.3, 0.4) is 0 Å². The summed E-state index contributed by atoms with van der Waals surface area (Å²) in [6.07, 6.45) is 4.21. The highest BCUT2D eigenvalue weighted by Gasteiger charge is 2.60. The first-order valence-corrected chi connectivity index (χ1v) is 10.3. The molecule has 1 fully saturated rings. The molecular weight excluding hydrogens is 386 g/mol. The van der Waals surface area contributed by atoms with E-state index in [1.54, 1.807) is 12.1 Å². The maximum absolute atomic E-state index is 11.4. The van der Waals surface area contributed by atoms with Gasteiger partial charge in [-0.25, -0.2) is 0 Å². The molecule has 2 aromatic carbocycles. The van der Waals surface area contributed by atoms with Crippen molar-refractivity contribution in [3.8, 4) is 17.2 Å². The van der Waals surface area contributed by atoms with Crippen LogP contribution >= 0.6 is 0 Å². The molecule has 5 nitrogen and oxygen atoms in total. The molecule has 2 atom stereocenters. The zero-order valence-corrected chi connectivity index (χ0v) is 17.3. The van der Waals surface area contributed by atoms with Gasteiger partial charge in [0.2, 0.25) is 5.60 Å². The van der Waals surface area contributed by atoms with Crippen molar-refractivity contribution in [2.24, 2.45) is 0 Å². The van der Waals surface area contributed by atoms with E-state index in [0.29, 0.717) is 16.2 Å². The van der Waals surface area contributed by atoms with Crippen molar-refractivity contribution < 1.29 is 9.47 Å². The maximum Gasteiger partial charge on any atom is 0.211 e. The number of epoxide rings is 1. The maximum atomic E-state index is 11.4. The highest BCUT2D eigenvalue weighted by Crippen LogP contribution is 2.56. The standard InChI is InChI=1S/C26H21N3O2/c1-17(2)21-14-19-7-4-10-28-24(19)23(15-21)18-5-3-6-20(13-18)25-26(16-27,31-25)22-8-11-29(30)12-9-22/h3-15,17,25H,1-2H3. The van der Waals surface area contributed by atoms with Crippen molar-refractivity contribution in [3.63, 3.8) is 0 Å². The van der Waals surface area contributed by atoms with E-state index in [2.05, 4.69) is 55.2 Å². The summed E-state index contributed by atoms with van der Waals surface area (Å²) < 4.78 is 6.62. The molecule has 31 heavy (non-hydrogen) atoms. The van der Waals surface area contributed by atoms with E-state index in [1.807, 2.05) is 24.4 Å². The number of hydrogen-bond acceptors (Lipinski definition) is 4. The van der Waals surface area contributed by atoms with E-state index < -0.39 is 5.60 Å². The zero-order valence-electron chi connectivity index (χ0n) is 17.3. The molecule has 2 unspecified atom stereocenters. The Morgan fingerprint density at radius 2 is 1.90 bits per heavy atom. The molecule has 0 radical (unpaired) electrons. The van der Waals surface area contributed by atoms with E-state index in [0.717, 1.165) is 27.6 Å². The Morgan fingerprint density at radius 3 is 2.65 bits per heavy atom. The molecule has 0 N–H and O–H groups in total. The molecule has 1 saturated heterocycles. The summed E-state index contributed by atoms with van der Waals surface area (Å²) in [6.45, 7) is 4.37. The number of hydrogen-bond donors (Lipinski definition) is 0. The topological polar surface area (TPSA) is 76.2 Å². The highest BCUT2D eigenvalue weighted by atomic mass is 16.6. The third-order valence-electron chi connectivity index (χ3n) is 5.91. The second-order valence-electron chi connectivity index (χ2n) is 8.22. The summed E-state index contributed by atoms with van der Waals surface area (Å²) in [5.41, 5.74) is 4.87. The van der Waals surface area contributed by atoms with E-state index in [4.69, 9.17) is 4.74 Å². The molecule has 2 aromatic heterocycles. The quantitative estimate of drug-likeness (QED) is 0.266. The van der Waals surface area contributed by atoms with Gasteiger partial charge in [0.05, 0.1) is 5.52 Å². The predicted molar refractivity (Wildman–Crippen MR) is 118 cm³/mol. The summed E-state index contributed by atoms with van der Waals surface area (Å²) in [7, 11) is 0. The monoisotopic (exact) mass is 407 g/mol. The first-order valence-electron chi connectivity index (χ1n) is 10.3. The van der Waals surface area contributed by atoms with E-state index >= 15 is 0 Å². The molecule has 1 aliphatic heterocycles. The van der Waals surface area contributed by atoms with E-state index in [9.17, 15) is 10.5 Å². The number of rotatable bonds is 4. The molecule has 0 amide bonds. The van der Waals surface area contributed by atoms with Gasteiger partial charge in [-0.15, -0.1) is 0 Å². The van der Waals surface area contributed by atoms with Crippen LogP contribution in [-0.4, -0.2) is 4.98 Å². The van der Waals surface area contributed by atoms with Crippen molar-refractivity contribution in [2.75, 3.05) is 0 Å². The average molecular weight is 407 g/mol. The molecule has 1 aliphatic rings. The van der Waals surface area contributed by atoms with Crippen LogP contribution in [0.1, 0.15) is 42.6 Å². The van der Waals surface area contributed by atoms with Crippen LogP contribution in [0, 0.1) is 16.5 Å². The molecule has 5 rings (SSSR count). The lowest BCUT2D eigenvalue weighted by Gasteiger charge is -2.13. The van der Waals surface area contributed by atoms with Gasteiger partial charge < -0.3 is 9.94 Å². The fourth-order valence-electron chi connectivity index (χ4n) is 4.12. The number of ether oxygens (including phenoxy) is 1. The molecule has 4 aromatic rings. The van der Waals surface area contributed by atoms with Crippen LogP contribution in [0.5, 0.6) is 0 Å². The van der Waals surface area contributed by atoms with Crippen LogP contribution in [0.25, 0.3) is 22.0 Å². The Bertz CT molecular complexity index is 1320. The van der Waals surface area contributed by atoms with Gasteiger partial charge in [-0.3, -0.25) is 4.98 Å². The molecule has 0 bridgehead atoms. The normalized spacial score (nSPS) is 20.0. The van der Waals surface area contributed by atoms with Crippen molar-refractivity contribution in [2.45, 2.75) is 31.5 Å². The van der Waals surface area contributed by atoms with Gasteiger partial charge in [-0.05, 0) is 46.9 Å². The molecule has 0 saturated carbocycles. The van der Waals surface area contributed by atoms with Gasteiger partial charge in [0.1, 0.15) is 12.2 Å². The van der Waals surface area contributed by atoms with E-state index in [-0.39, 0.29) is 6.10 Å². The van der Waals surface area contributed by atoms with Crippen molar-refractivity contribution in [1.29, 1.82) is 5.26 Å². The minimum atomic E-state index is -1.06. The fraction of sp³-hybridized carbons (Fsp3) is 0.192. The number of aromatic nitrogens is 2. The number of fused-ring (bicyclic) bond motifs is 1. The van der Waals surface area contributed by atoms with Crippen LogP contribution in [0.15, 0.2) is 79.3 Å². The Hall–Kier alpha value is -3.75. The van der Waals surface area contributed by atoms with Crippen LogP contribution in [0.2, 0.25) is 0 Å². The summed E-state index contributed by atoms with van der Waals surface area (Å²) in [5.74, 6) is 0.395. The van der Waals surface area contributed by atoms with Gasteiger partial charge in [-0.1, -0.05) is 38.1 Å². The van der Waals surface area contributed by atoms with Crippen molar-refractivity contribution in [3.05, 3.63) is 101 Å². The lowest BCUT2D eigenvalue weighted by molar-refractivity contribution is -0.605. The molecule has 152 valence electrons. The average Bonchev–Trinajstić information content (AvgIpc) is 3.55. The fourth-order valence-corrected chi connectivity index (χ4v) is 4.12. The lowest BCUT2D eigenvalue weighted by atomic mass is 9.90. The molecule has 3 heterocycles. The SMILES string of the molecule is CC(C)c1cc(-c2cccc(C3OC3(C#N)c3cc[n+]([O-])cc3)c2)c2ncccc2c1. The van der Waals surface area contributed by atoms with Crippen LogP contribution in [0.4, 0.5) is 0 Å². The lowest BCUT2D eigenvalue weighted by Crippen LogP contribution is -2.24.